The number of aryl methyl sites for hydroxylation is 1. The molecule has 0 saturated heterocycles. The van der Waals surface area contributed by atoms with Crippen molar-refractivity contribution in [2.24, 2.45) is 23.7 Å². The van der Waals surface area contributed by atoms with Gasteiger partial charge in [-0.25, -0.2) is 0 Å². The van der Waals surface area contributed by atoms with E-state index < -0.39 is 6.10 Å². The zero-order valence-electron chi connectivity index (χ0n) is 13.4. The highest BCUT2D eigenvalue weighted by molar-refractivity contribution is 5.73. The molecule has 2 fully saturated rings. The molecule has 0 aromatic heterocycles. The number of aliphatic hydroxyl groups excluding tert-OH is 1. The minimum atomic E-state index is -0.547. The number of esters is 1. The fraction of sp³-hybridized carbons (Fsp3) is 0.632. The fourth-order valence-corrected chi connectivity index (χ4v) is 5.60. The second-order valence-corrected chi connectivity index (χ2v) is 7.45. The molecular formula is C19H24O4. The average Bonchev–Trinajstić information content (AvgIpc) is 2.90. The molecule has 23 heavy (non-hydrogen) atoms. The molecule has 3 aliphatic rings. The molecule has 1 unspecified atom stereocenters. The van der Waals surface area contributed by atoms with Gasteiger partial charge in [-0.2, -0.15) is 0 Å². The van der Waals surface area contributed by atoms with E-state index in [1.807, 2.05) is 6.07 Å². The summed E-state index contributed by atoms with van der Waals surface area (Å²) in [5.74, 6) is 1.42. The Hall–Kier alpha value is -1.55. The van der Waals surface area contributed by atoms with E-state index in [2.05, 4.69) is 6.07 Å². The lowest BCUT2D eigenvalue weighted by Crippen LogP contribution is -2.37. The summed E-state index contributed by atoms with van der Waals surface area (Å²) in [5.41, 5.74) is 2.64. The summed E-state index contributed by atoms with van der Waals surface area (Å²) in [6.07, 6.45) is 4.31. The predicted molar refractivity (Wildman–Crippen MR) is 85.0 cm³/mol. The number of benzene rings is 1. The van der Waals surface area contributed by atoms with Gasteiger partial charge in [-0.3, -0.25) is 4.79 Å². The van der Waals surface area contributed by atoms with Crippen molar-refractivity contribution in [2.45, 2.75) is 44.1 Å². The number of hydrogen-bond donors (Lipinski definition) is 2. The molecule has 4 heteroatoms. The van der Waals surface area contributed by atoms with E-state index in [0.717, 1.165) is 32.1 Å². The van der Waals surface area contributed by atoms with Crippen molar-refractivity contribution >= 4 is 5.97 Å². The Balaban J connectivity index is 1.62. The largest absolute Gasteiger partial charge is 0.508 e. The van der Waals surface area contributed by atoms with Crippen molar-refractivity contribution in [2.75, 3.05) is 7.11 Å². The van der Waals surface area contributed by atoms with Crippen molar-refractivity contribution in [1.82, 2.24) is 0 Å². The first-order chi connectivity index (χ1) is 11.1. The maximum Gasteiger partial charge on any atom is 0.311 e. The molecule has 4 rings (SSSR count). The van der Waals surface area contributed by atoms with Crippen molar-refractivity contribution in [3.05, 3.63) is 29.3 Å². The van der Waals surface area contributed by atoms with Crippen LogP contribution in [0.2, 0.25) is 0 Å². The summed E-state index contributed by atoms with van der Waals surface area (Å²) in [4.78, 5) is 12.0. The van der Waals surface area contributed by atoms with Crippen molar-refractivity contribution < 1.29 is 19.7 Å². The Morgan fingerprint density at radius 2 is 2.00 bits per heavy atom. The third kappa shape index (κ3) is 2.26. The van der Waals surface area contributed by atoms with Crippen LogP contribution in [0.15, 0.2) is 18.2 Å². The maximum absolute atomic E-state index is 12.0. The monoisotopic (exact) mass is 316 g/mol. The maximum atomic E-state index is 12.0. The van der Waals surface area contributed by atoms with Crippen LogP contribution in [-0.4, -0.2) is 29.4 Å². The zero-order chi connectivity index (χ0) is 16.1. The molecule has 124 valence electrons. The first-order valence-corrected chi connectivity index (χ1v) is 8.68. The molecule has 4 nitrogen and oxygen atoms in total. The van der Waals surface area contributed by atoms with Crippen LogP contribution in [0.1, 0.15) is 42.7 Å². The summed E-state index contributed by atoms with van der Waals surface area (Å²) in [7, 11) is 1.41. The van der Waals surface area contributed by atoms with Crippen LogP contribution in [0.5, 0.6) is 5.75 Å². The van der Waals surface area contributed by atoms with Crippen LogP contribution in [0.3, 0.4) is 0 Å². The Morgan fingerprint density at radius 3 is 2.78 bits per heavy atom. The number of phenolic OH excluding ortho intramolecular Hbond substituents is 1. The molecule has 0 amide bonds. The molecular weight excluding hydrogens is 292 g/mol. The van der Waals surface area contributed by atoms with Gasteiger partial charge in [0.15, 0.2) is 0 Å². The number of methoxy groups -OCH3 is 1. The standard InChI is InChI=1S/C19H24O4/c1-23-19(22)17-9-16-14-4-2-10-8-11(20)3-5-12(10)13(14)6-7-15(16)18(17)21/h3,5,8,13-18,20-21H,2,4,6-7,9H2,1H3/t13-,14-,15?,16+,17-,18-/m1/s1. The van der Waals surface area contributed by atoms with Gasteiger partial charge >= 0.3 is 5.97 Å². The molecule has 0 radical (unpaired) electrons. The second kappa shape index (κ2) is 5.52. The van der Waals surface area contributed by atoms with Crippen molar-refractivity contribution in [3.63, 3.8) is 0 Å². The molecule has 6 atom stereocenters. The van der Waals surface area contributed by atoms with Crippen LogP contribution in [-0.2, 0) is 16.0 Å². The number of hydrogen-bond acceptors (Lipinski definition) is 4. The summed E-state index contributed by atoms with van der Waals surface area (Å²) >= 11 is 0. The van der Waals surface area contributed by atoms with Gasteiger partial charge in [-0.15, -0.1) is 0 Å². The molecule has 1 aromatic carbocycles. The lowest BCUT2D eigenvalue weighted by atomic mass is 9.61. The highest BCUT2D eigenvalue weighted by Crippen LogP contribution is 2.56. The molecule has 0 spiro atoms. The van der Waals surface area contributed by atoms with Crippen molar-refractivity contribution in [3.8, 4) is 5.75 Å². The van der Waals surface area contributed by atoms with Crippen LogP contribution in [0.4, 0.5) is 0 Å². The molecule has 0 aliphatic heterocycles. The number of carbonyl (C=O) groups excluding carboxylic acids is 1. The van der Waals surface area contributed by atoms with Crippen LogP contribution in [0.25, 0.3) is 0 Å². The van der Waals surface area contributed by atoms with Gasteiger partial charge < -0.3 is 14.9 Å². The normalized spacial score (nSPS) is 38.3. The predicted octanol–water partition coefficient (Wildman–Crippen LogP) is 2.62. The molecule has 3 aliphatic carbocycles. The quantitative estimate of drug-likeness (QED) is 0.782. The van der Waals surface area contributed by atoms with Crippen LogP contribution < -0.4 is 0 Å². The topological polar surface area (TPSA) is 66.8 Å². The number of aromatic hydroxyl groups is 1. The molecule has 1 aromatic rings. The molecule has 2 N–H and O–H groups in total. The molecule has 0 bridgehead atoms. The first-order valence-electron chi connectivity index (χ1n) is 8.68. The summed E-state index contributed by atoms with van der Waals surface area (Å²) in [6.45, 7) is 0. The fourth-order valence-electron chi connectivity index (χ4n) is 5.60. The number of aliphatic hydroxyl groups is 1. The number of phenols is 1. The zero-order valence-corrected chi connectivity index (χ0v) is 13.4. The third-order valence-electron chi connectivity index (χ3n) is 6.58. The Labute approximate surface area is 136 Å². The third-order valence-corrected chi connectivity index (χ3v) is 6.58. The first kappa shape index (κ1) is 15.0. The van der Waals surface area contributed by atoms with E-state index in [0.29, 0.717) is 23.5 Å². The van der Waals surface area contributed by atoms with Gasteiger partial charge in [0.1, 0.15) is 5.75 Å². The van der Waals surface area contributed by atoms with E-state index in [1.165, 1.54) is 18.2 Å². The van der Waals surface area contributed by atoms with E-state index in [-0.39, 0.29) is 17.8 Å². The Morgan fingerprint density at radius 1 is 1.17 bits per heavy atom. The highest BCUT2D eigenvalue weighted by atomic mass is 16.5. The Bertz CT molecular complexity index is 626. The van der Waals surface area contributed by atoms with E-state index in [4.69, 9.17) is 4.74 Å². The number of carbonyl (C=O) groups is 1. The molecule has 0 heterocycles. The summed E-state index contributed by atoms with van der Waals surface area (Å²) in [5, 5.41) is 20.3. The average molecular weight is 316 g/mol. The van der Waals surface area contributed by atoms with Gasteiger partial charge in [0, 0.05) is 0 Å². The van der Waals surface area contributed by atoms with Crippen molar-refractivity contribution in [1.29, 1.82) is 0 Å². The van der Waals surface area contributed by atoms with Gasteiger partial charge in [-0.05, 0) is 79.0 Å². The minimum absolute atomic E-state index is 0.235. The number of rotatable bonds is 1. The van der Waals surface area contributed by atoms with Gasteiger partial charge in [0.2, 0.25) is 0 Å². The number of ether oxygens (including phenoxy) is 1. The van der Waals surface area contributed by atoms with Gasteiger partial charge in [0.05, 0.1) is 19.1 Å². The van der Waals surface area contributed by atoms with Gasteiger partial charge in [0.25, 0.3) is 0 Å². The van der Waals surface area contributed by atoms with E-state index in [1.54, 1.807) is 6.07 Å². The van der Waals surface area contributed by atoms with E-state index in [9.17, 15) is 15.0 Å². The summed E-state index contributed by atoms with van der Waals surface area (Å²) < 4.78 is 4.89. The minimum Gasteiger partial charge on any atom is -0.508 e. The highest BCUT2D eigenvalue weighted by Gasteiger charge is 2.53. The van der Waals surface area contributed by atoms with Crippen LogP contribution in [0, 0.1) is 23.7 Å². The smallest absolute Gasteiger partial charge is 0.311 e. The van der Waals surface area contributed by atoms with Crippen LogP contribution >= 0.6 is 0 Å². The SMILES string of the molecule is COC(=O)[C@@H]1C[C@@H]2C(CC[C@@H]3c4ccc(O)cc4CC[C@H]32)[C@H]1O. The van der Waals surface area contributed by atoms with E-state index >= 15 is 0 Å². The summed E-state index contributed by atoms with van der Waals surface area (Å²) in [6, 6.07) is 5.76. The lowest BCUT2D eigenvalue weighted by molar-refractivity contribution is -0.148. The number of fused-ring (bicyclic) bond motifs is 5. The molecule has 2 saturated carbocycles. The lowest BCUT2D eigenvalue weighted by Gasteiger charge is -2.44. The Kier molecular flexibility index (Phi) is 3.60. The second-order valence-electron chi connectivity index (χ2n) is 7.45. The van der Waals surface area contributed by atoms with Gasteiger partial charge in [-0.1, -0.05) is 6.07 Å².